The molecule has 20 heavy (non-hydrogen) atoms. The van der Waals surface area contributed by atoms with Crippen LogP contribution in [0.4, 0.5) is 0 Å². The number of carbonyl (C=O) groups is 1. The summed E-state index contributed by atoms with van der Waals surface area (Å²) in [6, 6.07) is 0.352. The molecule has 1 saturated heterocycles. The standard InChI is InChI=1S/C16H30N2O2/c1-3-18(14-8-5-4-6-9-14)16(20)13(2)17-11-7-10-15(19)12-17/h13-15,19H,3-12H2,1-2H3. The Morgan fingerprint density at radius 1 is 1.25 bits per heavy atom. The van der Waals surface area contributed by atoms with E-state index < -0.39 is 0 Å². The maximum Gasteiger partial charge on any atom is 0.239 e. The molecule has 2 rings (SSSR count). The van der Waals surface area contributed by atoms with E-state index in [0.29, 0.717) is 12.6 Å². The van der Waals surface area contributed by atoms with Crippen molar-refractivity contribution in [3.63, 3.8) is 0 Å². The average molecular weight is 282 g/mol. The molecule has 2 aliphatic rings. The van der Waals surface area contributed by atoms with E-state index in [2.05, 4.69) is 16.7 Å². The third kappa shape index (κ3) is 3.73. The highest BCUT2D eigenvalue weighted by molar-refractivity contribution is 5.81. The van der Waals surface area contributed by atoms with Crippen molar-refractivity contribution in [1.29, 1.82) is 0 Å². The van der Waals surface area contributed by atoms with Crippen LogP contribution in [0.25, 0.3) is 0 Å². The zero-order valence-electron chi connectivity index (χ0n) is 13.1. The van der Waals surface area contributed by atoms with Gasteiger partial charge in [0, 0.05) is 19.1 Å². The summed E-state index contributed by atoms with van der Waals surface area (Å²) in [7, 11) is 0. The molecule has 2 fully saturated rings. The Labute approximate surface area is 123 Å². The highest BCUT2D eigenvalue weighted by Gasteiger charge is 2.32. The Hall–Kier alpha value is -0.610. The second kappa shape index (κ2) is 7.41. The van der Waals surface area contributed by atoms with Crippen LogP contribution in [-0.4, -0.2) is 58.6 Å². The van der Waals surface area contributed by atoms with E-state index in [-0.39, 0.29) is 18.1 Å². The fraction of sp³-hybridized carbons (Fsp3) is 0.938. The molecular weight excluding hydrogens is 252 g/mol. The number of aliphatic hydroxyl groups is 1. The van der Waals surface area contributed by atoms with Crippen LogP contribution >= 0.6 is 0 Å². The average Bonchev–Trinajstić information content (AvgIpc) is 2.48. The van der Waals surface area contributed by atoms with Crippen molar-refractivity contribution in [3.8, 4) is 0 Å². The van der Waals surface area contributed by atoms with Gasteiger partial charge in [0.05, 0.1) is 12.1 Å². The monoisotopic (exact) mass is 282 g/mol. The summed E-state index contributed by atoms with van der Waals surface area (Å²) in [5.74, 6) is 0.258. The Morgan fingerprint density at radius 3 is 2.55 bits per heavy atom. The second-order valence-corrected chi connectivity index (χ2v) is 6.38. The molecule has 1 heterocycles. The number of piperidine rings is 1. The van der Waals surface area contributed by atoms with Gasteiger partial charge in [-0.05, 0) is 46.1 Å². The molecule has 1 aliphatic heterocycles. The SMILES string of the molecule is CCN(C(=O)C(C)N1CCCC(O)C1)C1CCCCC1. The first-order valence-electron chi connectivity index (χ1n) is 8.36. The molecule has 0 aromatic rings. The molecule has 0 spiro atoms. The third-order valence-electron chi connectivity index (χ3n) is 4.97. The molecule has 0 aromatic heterocycles. The highest BCUT2D eigenvalue weighted by atomic mass is 16.3. The molecule has 0 radical (unpaired) electrons. The first-order valence-corrected chi connectivity index (χ1v) is 8.36. The summed E-state index contributed by atoms with van der Waals surface area (Å²) in [6.07, 6.45) is 7.76. The number of likely N-dealkylation sites (tertiary alicyclic amines) is 1. The van der Waals surface area contributed by atoms with Gasteiger partial charge < -0.3 is 10.0 Å². The van der Waals surface area contributed by atoms with Crippen molar-refractivity contribution in [1.82, 2.24) is 9.80 Å². The number of rotatable bonds is 4. The number of hydrogen-bond acceptors (Lipinski definition) is 3. The van der Waals surface area contributed by atoms with Crippen LogP contribution in [0.15, 0.2) is 0 Å². The number of hydrogen-bond donors (Lipinski definition) is 1. The van der Waals surface area contributed by atoms with Crippen molar-refractivity contribution < 1.29 is 9.90 Å². The molecule has 4 nitrogen and oxygen atoms in total. The number of β-amino-alcohol motifs (C(OH)–C–C–N with tert-alkyl or cyclic N) is 1. The van der Waals surface area contributed by atoms with Gasteiger partial charge in [0.2, 0.25) is 5.91 Å². The van der Waals surface area contributed by atoms with Crippen LogP contribution in [0.5, 0.6) is 0 Å². The summed E-state index contributed by atoms with van der Waals surface area (Å²) in [4.78, 5) is 17.0. The van der Waals surface area contributed by atoms with Gasteiger partial charge in [-0.3, -0.25) is 9.69 Å². The Kier molecular flexibility index (Phi) is 5.85. The fourth-order valence-electron chi connectivity index (χ4n) is 3.72. The lowest BCUT2D eigenvalue weighted by Crippen LogP contribution is -2.53. The van der Waals surface area contributed by atoms with E-state index in [1.165, 1.54) is 19.3 Å². The van der Waals surface area contributed by atoms with E-state index in [4.69, 9.17) is 0 Å². The molecule has 0 aromatic carbocycles. The molecule has 1 aliphatic carbocycles. The van der Waals surface area contributed by atoms with Crippen LogP contribution in [0.1, 0.15) is 58.8 Å². The van der Waals surface area contributed by atoms with Crippen molar-refractivity contribution in [2.24, 2.45) is 0 Å². The lowest BCUT2D eigenvalue weighted by atomic mass is 9.93. The predicted octanol–water partition coefficient (Wildman–Crippen LogP) is 2.01. The normalized spacial score (nSPS) is 27.2. The zero-order chi connectivity index (χ0) is 14.5. The van der Waals surface area contributed by atoms with Crippen LogP contribution < -0.4 is 0 Å². The van der Waals surface area contributed by atoms with E-state index >= 15 is 0 Å². The van der Waals surface area contributed by atoms with Crippen LogP contribution in [0.2, 0.25) is 0 Å². The van der Waals surface area contributed by atoms with Crippen molar-refractivity contribution >= 4 is 5.91 Å². The lowest BCUT2D eigenvalue weighted by molar-refractivity contribution is -0.140. The Balaban J connectivity index is 1.95. The Bertz CT molecular complexity index is 316. The molecule has 1 N–H and O–H groups in total. The maximum absolute atomic E-state index is 12.8. The summed E-state index contributed by atoms with van der Waals surface area (Å²) in [5, 5.41) is 9.79. The van der Waals surface area contributed by atoms with Crippen LogP contribution in [0, 0.1) is 0 Å². The quantitative estimate of drug-likeness (QED) is 0.858. The van der Waals surface area contributed by atoms with Gasteiger partial charge in [-0.25, -0.2) is 0 Å². The van der Waals surface area contributed by atoms with Crippen LogP contribution in [-0.2, 0) is 4.79 Å². The van der Waals surface area contributed by atoms with Crippen molar-refractivity contribution in [2.45, 2.75) is 77.0 Å². The highest BCUT2D eigenvalue weighted by Crippen LogP contribution is 2.24. The first-order chi connectivity index (χ1) is 9.63. The summed E-state index contributed by atoms with van der Waals surface area (Å²) < 4.78 is 0. The number of likely N-dealkylation sites (N-methyl/N-ethyl adjacent to an activating group) is 1. The minimum Gasteiger partial charge on any atom is -0.392 e. The smallest absolute Gasteiger partial charge is 0.239 e. The molecule has 116 valence electrons. The van der Waals surface area contributed by atoms with Gasteiger partial charge in [-0.15, -0.1) is 0 Å². The zero-order valence-corrected chi connectivity index (χ0v) is 13.1. The van der Waals surface area contributed by atoms with E-state index in [9.17, 15) is 9.90 Å². The number of carbonyl (C=O) groups excluding carboxylic acids is 1. The fourth-order valence-corrected chi connectivity index (χ4v) is 3.72. The van der Waals surface area contributed by atoms with Gasteiger partial charge >= 0.3 is 0 Å². The van der Waals surface area contributed by atoms with Gasteiger partial charge in [0.15, 0.2) is 0 Å². The van der Waals surface area contributed by atoms with Gasteiger partial charge in [0.25, 0.3) is 0 Å². The van der Waals surface area contributed by atoms with Gasteiger partial charge in [-0.2, -0.15) is 0 Å². The molecule has 2 unspecified atom stereocenters. The molecule has 1 saturated carbocycles. The minimum atomic E-state index is -0.260. The minimum absolute atomic E-state index is 0.0909. The van der Waals surface area contributed by atoms with Crippen molar-refractivity contribution in [3.05, 3.63) is 0 Å². The number of amides is 1. The second-order valence-electron chi connectivity index (χ2n) is 6.38. The molecule has 2 atom stereocenters. The lowest BCUT2D eigenvalue weighted by Gasteiger charge is -2.40. The molecule has 4 heteroatoms. The maximum atomic E-state index is 12.8. The van der Waals surface area contributed by atoms with E-state index in [0.717, 1.165) is 38.8 Å². The van der Waals surface area contributed by atoms with Crippen LogP contribution in [0.3, 0.4) is 0 Å². The van der Waals surface area contributed by atoms with E-state index in [1.807, 2.05) is 6.92 Å². The molecular formula is C16H30N2O2. The van der Waals surface area contributed by atoms with E-state index in [1.54, 1.807) is 0 Å². The van der Waals surface area contributed by atoms with Gasteiger partial charge in [-0.1, -0.05) is 19.3 Å². The van der Waals surface area contributed by atoms with Crippen molar-refractivity contribution in [2.75, 3.05) is 19.6 Å². The largest absolute Gasteiger partial charge is 0.392 e. The number of nitrogens with zero attached hydrogens (tertiary/aromatic N) is 2. The Morgan fingerprint density at radius 2 is 1.95 bits per heavy atom. The molecule has 0 bridgehead atoms. The topological polar surface area (TPSA) is 43.8 Å². The summed E-state index contributed by atoms with van der Waals surface area (Å²) in [5.41, 5.74) is 0. The number of aliphatic hydroxyl groups excluding tert-OH is 1. The summed E-state index contributed by atoms with van der Waals surface area (Å²) in [6.45, 7) is 6.49. The van der Waals surface area contributed by atoms with Gasteiger partial charge in [0.1, 0.15) is 0 Å². The summed E-state index contributed by atoms with van der Waals surface area (Å²) >= 11 is 0. The first kappa shape index (κ1) is 15.8. The predicted molar refractivity (Wildman–Crippen MR) is 80.5 cm³/mol. The molecule has 1 amide bonds. The third-order valence-corrected chi connectivity index (χ3v) is 4.97.